The summed E-state index contributed by atoms with van der Waals surface area (Å²) >= 11 is 0. The van der Waals surface area contributed by atoms with Gasteiger partial charge in [0.05, 0.1) is 11.5 Å². The van der Waals surface area contributed by atoms with Gasteiger partial charge in [0, 0.05) is 0 Å². The molecule has 6 heteroatoms. The Morgan fingerprint density at radius 1 is 1.33 bits per heavy atom. The monoisotopic (exact) mass is 223 g/mol. The average Bonchev–Trinajstić information content (AvgIpc) is 2.47. The van der Waals surface area contributed by atoms with Crippen LogP contribution in [0.4, 0.5) is 18.0 Å². The average molecular weight is 223 g/mol. The van der Waals surface area contributed by atoms with E-state index in [0.717, 1.165) is 0 Å². The summed E-state index contributed by atoms with van der Waals surface area (Å²) in [5.41, 5.74) is -0.529. The molecule has 0 bridgehead atoms. The molecule has 0 aromatic rings. The molecule has 15 heavy (non-hydrogen) atoms. The highest BCUT2D eigenvalue weighted by Crippen LogP contribution is 2.42. The predicted octanol–water partition coefficient (Wildman–Crippen LogP) is 2.22. The van der Waals surface area contributed by atoms with E-state index in [9.17, 15) is 18.0 Å². The van der Waals surface area contributed by atoms with Gasteiger partial charge in [-0.25, -0.2) is 4.79 Å². The van der Waals surface area contributed by atoms with Gasteiger partial charge in [0.2, 0.25) is 0 Å². The first-order valence-electron chi connectivity index (χ1n) is 4.93. The molecule has 2 aliphatic rings. The number of nitrogens with one attached hydrogen (secondary N) is 1. The first-order chi connectivity index (χ1) is 6.91. The quantitative estimate of drug-likeness (QED) is 0.683. The Balaban J connectivity index is 1.95. The van der Waals surface area contributed by atoms with Gasteiger partial charge < -0.3 is 10.1 Å². The molecule has 86 valence electrons. The molecular weight excluding hydrogens is 211 g/mol. The third-order valence-corrected chi connectivity index (χ3v) is 3.25. The fraction of sp³-hybridized carbons (Fsp3) is 0.889. The van der Waals surface area contributed by atoms with Crippen molar-refractivity contribution in [1.29, 1.82) is 0 Å². The predicted molar refractivity (Wildman–Crippen MR) is 45.2 cm³/mol. The number of hydrogen-bond donors (Lipinski definition) is 1. The van der Waals surface area contributed by atoms with E-state index in [1.165, 1.54) is 0 Å². The van der Waals surface area contributed by atoms with Crippen molar-refractivity contribution in [2.45, 2.75) is 37.4 Å². The summed E-state index contributed by atoms with van der Waals surface area (Å²) in [5.74, 6) is -1.22. The number of carbonyl (C=O) groups excluding carboxylic acids is 1. The highest BCUT2D eigenvalue weighted by Gasteiger charge is 2.48. The van der Waals surface area contributed by atoms with E-state index >= 15 is 0 Å². The zero-order valence-corrected chi connectivity index (χ0v) is 8.06. The van der Waals surface area contributed by atoms with E-state index in [-0.39, 0.29) is 19.4 Å². The number of ether oxygens (including phenoxy) is 1. The highest BCUT2D eigenvalue weighted by molar-refractivity contribution is 5.70. The van der Waals surface area contributed by atoms with Crippen LogP contribution in [0.3, 0.4) is 0 Å². The molecule has 3 nitrogen and oxygen atoms in total. The van der Waals surface area contributed by atoms with Crippen molar-refractivity contribution < 1.29 is 22.7 Å². The van der Waals surface area contributed by atoms with Crippen LogP contribution in [0.25, 0.3) is 0 Å². The summed E-state index contributed by atoms with van der Waals surface area (Å²) in [4.78, 5) is 10.8. The number of halogens is 3. The summed E-state index contributed by atoms with van der Waals surface area (Å²) in [6.45, 7) is 0.205. The number of rotatable bonds is 0. The second-order valence-electron chi connectivity index (χ2n) is 4.30. The van der Waals surface area contributed by atoms with Crippen LogP contribution < -0.4 is 5.32 Å². The summed E-state index contributed by atoms with van der Waals surface area (Å²) in [6, 6.07) is 0. The molecule has 1 heterocycles. The minimum atomic E-state index is -4.11. The van der Waals surface area contributed by atoms with Crippen LogP contribution in [0, 0.1) is 5.92 Å². The van der Waals surface area contributed by atoms with Gasteiger partial charge in [-0.1, -0.05) is 0 Å². The smallest absolute Gasteiger partial charge is 0.407 e. The van der Waals surface area contributed by atoms with Crippen LogP contribution in [-0.4, -0.2) is 24.4 Å². The summed E-state index contributed by atoms with van der Waals surface area (Å²) < 4.78 is 41.9. The molecule has 1 saturated carbocycles. The first kappa shape index (κ1) is 10.6. The molecule has 0 aromatic heterocycles. The minimum Gasteiger partial charge on any atom is -0.447 e. The fourth-order valence-electron chi connectivity index (χ4n) is 2.26. The van der Waals surface area contributed by atoms with Gasteiger partial charge in [-0.15, -0.1) is 0 Å². The van der Waals surface area contributed by atoms with Crippen molar-refractivity contribution in [3.8, 4) is 0 Å². The minimum absolute atomic E-state index is 0.0765. The van der Waals surface area contributed by atoms with Gasteiger partial charge >= 0.3 is 12.3 Å². The number of alkyl halides is 3. The molecule has 1 saturated heterocycles. The molecular formula is C9H12F3NO2. The van der Waals surface area contributed by atoms with Gasteiger partial charge in [0.1, 0.15) is 6.61 Å². The first-order valence-corrected chi connectivity index (χ1v) is 4.93. The topological polar surface area (TPSA) is 38.3 Å². The third-order valence-electron chi connectivity index (χ3n) is 3.25. The third kappa shape index (κ3) is 2.03. The molecule has 1 aliphatic heterocycles. The Bertz CT molecular complexity index is 269. The maximum atomic E-state index is 12.4. The highest BCUT2D eigenvalue weighted by atomic mass is 19.4. The summed E-state index contributed by atoms with van der Waals surface area (Å²) in [6.07, 6.45) is -3.77. The molecule has 1 aliphatic carbocycles. The van der Waals surface area contributed by atoms with Crippen molar-refractivity contribution in [3.05, 3.63) is 0 Å². The number of alkyl carbamates (subject to hydrolysis) is 1. The molecule has 1 amide bonds. The Morgan fingerprint density at radius 3 is 2.33 bits per heavy atom. The van der Waals surface area contributed by atoms with Gasteiger partial charge in [-0.2, -0.15) is 13.2 Å². The molecule has 0 atom stereocenters. The molecule has 2 rings (SSSR count). The Morgan fingerprint density at radius 2 is 1.93 bits per heavy atom. The lowest BCUT2D eigenvalue weighted by atomic mass is 9.77. The number of cyclic esters (lactones) is 1. The van der Waals surface area contributed by atoms with E-state index in [0.29, 0.717) is 12.8 Å². The second-order valence-corrected chi connectivity index (χ2v) is 4.30. The SMILES string of the molecule is O=C1NC2(CCC(C(F)(F)F)CC2)CO1. The Kier molecular flexibility index (Phi) is 2.31. The van der Waals surface area contributed by atoms with Crippen molar-refractivity contribution in [2.24, 2.45) is 5.92 Å². The number of amides is 1. The normalized spacial score (nSPS) is 36.5. The Labute approximate surface area is 85.0 Å². The number of hydrogen-bond acceptors (Lipinski definition) is 2. The van der Waals surface area contributed by atoms with Gasteiger partial charge in [-0.3, -0.25) is 0 Å². The van der Waals surface area contributed by atoms with Gasteiger partial charge in [-0.05, 0) is 25.7 Å². The lowest BCUT2D eigenvalue weighted by Crippen LogP contribution is -2.47. The van der Waals surface area contributed by atoms with Crippen molar-refractivity contribution in [3.63, 3.8) is 0 Å². The summed E-state index contributed by atoms with van der Waals surface area (Å²) in [5, 5.41) is 2.61. The van der Waals surface area contributed by atoms with Crippen molar-refractivity contribution in [2.75, 3.05) is 6.61 Å². The van der Waals surface area contributed by atoms with Crippen molar-refractivity contribution >= 4 is 6.09 Å². The lowest BCUT2D eigenvalue weighted by Gasteiger charge is -2.35. The van der Waals surface area contributed by atoms with Gasteiger partial charge in [0.25, 0.3) is 0 Å². The standard InChI is InChI=1S/C9H12F3NO2/c10-9(11,12)6-1-3-8(4-2-6)5-15-7(14)13-8/h6H,1-5H2,(H,13,14). The maximum Gasteiger partial charge on any atom is 0.407 e. The van der Waals surface area contributed by atoms with E-state index in [1.807, 2.05) is 0 Å². The molecule has 1 spiro atoms. The second kappa shape index (κ2) is 3.28. The van der Waals surface area contributed by atoms with Crippen molar-refractivity contribution in [1.82, 2.24) is 5.32 Å². The van der Waals surface area contributed by atoms with E-state index < -0.39 is 23.7 Å². The molecule has 0 aromatic carbocycles. The lowest BCUT2D eigenvalue weighted by molar-refractivity contribution is -0.185. The molecule has 1 N–H and O–H groups in total. The van der Waals surface area contributed by atoms with Crippen LogP contribution in [0.1, 0.15) is 25.7 Å². The van der Waals surface area contributed by atoms with Gasteiger partial charge in [0.15, 0.2) is 0 Å². The fourth-order valence-corrected chi connectivity index (χ4v) is 2.26. The molecule has 0 radical (unpaired) electrons. The Hall–Kier alpha value is -0.940. The summed E-state index contributed by atoms with van der Waals surface area (Å²) in [7, 11) is 0. The van der Waals surface area contributed by atoms with Crippen LogP contribution in [0.15, 0.2) is 0 Å². The maximum absolute atomic E-state index is 12.4. The van der Waals surface area contributed by atoms with Crippen LogP contribution in [-0.2, 0) is 4.74 Å². The van der Waals surface area contributed by atoms with E-state index in [1.54, 1.807) is 0 Å². The number of carbonyl (C=O) groups is 1. The van der Waals surface area contributed by atoms with Crippen LogP contribution in [0.2, 0.25) is 0 Å². The largest absolute Gasteiger partial charge is 0.447 e. The van der Waals surface area contributed by atoms with Crippen LogP contribution in [0.5, 0.6) is 0 Å². The zero-order valence-electron chi connectivity index (χ0n) is 8.06. The van der Waals surface area contributed by atoms with E-state index in [4.69, 9.17) is 4.74 Å². The molecule has 2 fully saturated rings. The van der Waals surface area contributed by atoms with E-state index in [2.05, 4.69) is 5.32 Å². The zero-order chi connectivity index (χ0) is 11.1. The van der Waals surface area contributed by atoms with Crippen LogP contribution >= 0.6 is 0 Å². The molecule has 0 unspecified atom stereocenters.